The van der Waals surface area contributed by atoms with Crippen molar-refractivity contribution < 1.29 is 17.5 Å². The van der Waals surface area contributed by atoms with E-state index in [9.17, 15) is 12.8 Å². The molecule has 90 valence electrons. The first-order valence-corrected chi connectivity index (χ1v) is 7.34. The Morgan fingerprint density at radius 2 is 2.12 bits per heavy atom. The molecule has 0 aliphatic heterocycles. The van der Waals surface area contributed by atoms with E-state index in [0.717, 1.165) is 0 Å². The van der Waals surface area contributed by atoms with E-state index in [0.29, 0.717) is 10.2 Å². The van der Waals surface area contributed by atoms with E-state index >= 15 is 0 Å². The van der Waals surface area contributed by atoms with Gasteiger partial charge in [0.05, 0.1) is 10.2 Å². The molecule has 0 unspecified atom stereocenters. The third-order valence-corrected chi connectivity index (χ3v) is 4.27. The lowest BCUT2D eigenvalue weighted by Gasteiger charge is -2.07. The zero-order valence-electron chi connectivity index (χ0n) is 8.74. The minimum atomic E-state index is -3.03. The van der Waals surface area contributed by atoms with Crippen LogP contribution in [0.1, 0.15) is 6.92 Å². The Hall–Kier alpha value is -0.620. The van der Waals surface area contributed by atoms with Crippen LogP contribution in [0, 0.1) is 5.82 Å². The maximum atomic E-state index is 12.7. The minimum absolute atomic E-state index is 0.0344. The third kappa shape index (κ3) is 4.09. The minimum Gasteiger partial charge on any atom is -0.491 e. The molecule has 6 heteroatoms. The number of rotatable bonds is 5. The van der Waals surface area contributed by atoms with Crippen molar-refractivity contribution in [2.75, 3.05) is 18.1 Å². The van der Waals surface area contributed by atoms with Gasteiger partial charge in [0.25, 0.3) is 0 Å². The average molecular weight is 311 g/mol. The highest BCUT2D eigenvalue weighted by atomic mass is 79.9. The van der Waals surface area contributed by atoms with Crippen LogP contribution in [0.3, 0.4) is 0 Å². The molecular weight excluding hydrogens is 299 g/mol. The van der Waals surface area contributed by atoms with Gasteiger partial charge in [-0.05, 0) is 34.1 Å². The molecule has 0 atom stereocenters. The van der Waals surface area contributed by atoms with Crippen LogP contribution in [0.5, 0.6) is 5.75 Å². The van der Waals surface area contributed by atoms with E-state index in [2.05, 4.69) is 15.9 Å². The van der Waals surface area contributed by atoms with Gasteiger partial charge in [-0.25, -0.2) is 12.8 Å². The molecule has 0 aromatic heterocycles. The third-order valence-electron chi connectivity index (χ3n) is 1.99. The highest BCUT2D eigenvalue weighted by molar-refractivity contribution is 9.10. The second-order valence-corrected chi connectivity index (χ2v) is 6.49. The molecule has 0 aliphatic carbocycles. The molecule has 0 saturated carbocycles. The lowest BCUT2D eigenvalue weighted by atomic mass is 10.3. The van der Waals surface area contributed by atoms with Gasteiger partial charge in [-0.1, -0.05) is 6.92 Å². The number of hydrogen-bond acceptors (Lipinski definition) is 3. The van der Waals surface area contributed by atoms with Gasteiger partial charge in [0.2, 0.25) is 0 Å². The van der Waals surface area contributed by atoms with Crippen LogP contribution in [0.2, 0.25) is 0 Å². The molecule has 0 bridgehead atoms. The molecule has 0 amide bonds. The zero-order chi connectivity index (χ0) is 12.2. The summed E-state index contributed by atoms with van der Waals surface area (Å²) in [6.07, 6.45) is 0. The van der Waals surface area contributed by atoms with Crippen molar-refractivity contribution >= 4 is 25.8 Å². The van der Waals surface area contributed by atoms with Crippen LogP contribution in [0.4, 0.5) is 4.39 Å². The van der Waals surface area contributed by atoms with Crippen LogP contribution in [-0.2, 0) is 9.84 Å². The predicted molar refractivity (Wildman–Crippen MR) is 63.9 cm³/mol. The van der Waals surface area contributed by atoms with Crippen molar-refractivity contribution in [2.24, 2.45) is 0 Å². The highest BCUT2D eigenvalue weighted by Crippen LogP contribution is 2.25. The molecule has 0 saturated heterocycles. The van der Waals surface area contributed by atoms with Crippen molar-refractivity contribution in [1.29, 1.82) is 0 Å². The first kappa shape index (κ1) is 13.4. The van der Waals surface area contributed by atoms with E-state index in [4.69, 9.17) is 4.74 Å². The molecule has 0 radical (unpaired) electrons. The standard InChI is InChI=1S/C10H12BrFO3S/c1-2-16(13,14)6-5-15-10-4-3-8(12)7-9(10)11/h3-4,7H,2,5-6H2,1H3. The highest BCUT2D eigenvalue weighted by Gasteiger charge is 2.08. The van der Waals surface area contributed by atoms with Gasteiger partial charge in [0, 0.05) is 5.75 Å². The molecule has 0 fully saturated rings. The van der Waals surface area contributed by atoms with Gasteiger partial charge >= 0.3 is 0 Å². The summed E-state index contributed by atoms with van der Waals surface area (Å²) >= 11 is 3.13. The van der Waals surface area contributed by atoms with E-state index in [1.807, 2.05) is 0 Å². The number of hydrogen-bond donors (Lipinski definition) is 0. The van der Waals surface area contributed by atoms with Crippen LogP contribution in [0.25, 0.3) is 0 Å². The summed E-state index contributed by atoms with van der Waals surface area (Å²) in [5, 5.41) is 0. The first-order chi connectivity index (χ1) is 7.44. The van der Waals surface area contributed by atoms with E-state index in [1.54, 1.807) is 6.92 Å². The summed E-state index contributed by atoms with van der Waals surface area (Å²) in [5.74, 6) is 0.127. The summed E-state index contributed by atoms with van der Waals surface area (Å²) in [4.78, 5) is 0. The summed E-state index contributed by atoms with van der Waals surface area (Å²) in [5.41, 5.74) is 0. The Morgan fingerprint density at radius 1 is 1.44 bits per heavy atom. The van der Waals surface area contributed by atoms with Crippen molar-refractivity contribution in [2.45, 2.75) is 6.92 Å². The van der Waals surface area contributed by atoms with E-state index in [1.165, 1.54) is 18.2 Å². The van der Waals surface area contributed by atoms with E-state index < -0.39 is 9.84 Å². The van der Waals surface area contributed by atoms with Crippen LogP contribution < -0.4 is 4.74 Å². The number of halogens is 2. The molecule has 0 spiro atoms. The van der Waals surface area contributed by atoms with Crippen LogP contribution in [0.15, 0.2) is 22.7 Å². The molecule has 0 aliphatic rings. The Kier molecular flexibility index (Phi) is 4.73. The van der Waals surface area contributed by atoms with Gasteiger partial charge in [-0.2, -0.15) is 0 Å². The number of sulfone groups is 1. The quantitative estimate of drug-likeness (QED) is 0.839. The molecule has 1 rings (SSSR count). The van der Waals surface area contributed by atoms with Crippen LogP contribution >= 0.6 is 15.9 Å². The molecule has 3 nitrogen and oxygen atoms in total. The summed E-state index contributed by atoms with van der Waals surface area (Å²) in [6.45, 7) is 1.66. The average Bonchev–Trinajstić information content (AvgIpc) is 2.21. The SMILES string of the molecule is CCS(=O)(=O)CCOc1ccc(F)cc1Br. The number of benzene rings is 1. The van der Waals surface area contributed by atoms with Crippen LogP contribution in [-0.4, -0.2) is 26.5 Å². The van der Waals surface area contributed by atoms with Gasteiger partial charge in [0.1, 0.15) is 18.2 Å². The Balaban J connectivity index is 2.56. The van der Waals surface area contributed by atoms with Crippen molar-refractivity contribution in [3.8, 4) is 5.75 Å². The monoisotopic (exact) mass is 310 g/mol. The second-order valence-electron chi connectivity index (χ2n) is 3.16. The fourth-order valence-corrected chi connectivity index (χ4v) is 2.11. The molecule has 16 heavy (non-hydrogen) atoms. The van der Waals surface area contributed by atoms with Gasteiger partial charge in [0.15, 0.2) is 9.84 Å². The van der Waals surface area contributed by atoms with Crippen molar-refractivity contribution in [3.05, 3.63) is 28.5 Å². The summed E-state index contributed by atoms with van der Waals surface area (Å²) < 4.78 is 40.8. The maximum Gasteiger partial charge on any atom is 0.153 e. The Morgan fingerprint density at radius 3 is 2.69 bits per heavy atom. The fraction of sp³-hybridized carbons (Fsp3) is 0.400. The van der Waals surface area contributed by atoms with Gasteiger partial charge in [-0.15, -0.1) is 0 Å². The molecule has 1 aromatic rings. The van der Waals surface area contributed by atoms with Gasteiger partial charge in [-0.3, -0.25) is 0 Å². The van der Waals surface area contributed by atoms with E-state index in [-0.39, 0.29) is 23.9 Å². The summed E-state index contributed by atoms with van der Waals surface area (Å²) in [6, 6.07) is 3.98. The molecular formula is C10H12BrFO3S. The van der Waals surface area contributed by atoms with Gasteiger partial charge < -0.3 is 4.74 Å². The Bertz CT molecular complexity index is 459. The maximum absolute atomic E-state index is 12.7. The van der Waals surface area contributed by atoms with Crippen molar-refractivity contribution in [3.63, 3.8) is 0 Å². The summed E-state index contributed by atoms with van der Waals surface area (Å²) in [7, 11) is -3.03. The first-order valence-electron chi connectivity index (χ1n) is 4.73. The fourth-order valence-electron chi connectivity index (χ4n) is 1.02. The second kappa shape index (κ2) is 5.63. The normalized spacial score (nSPS) is 11.4. The van der Waals surface area contributed by atoms with Crippen molar-refractivity contribution in [1.82, 2.24) is 0 Å². The molecule has 1 aromatic carbocycles. The number of ether oxygens (including phenoxy) is 1. The molecule has 0 heterocycles. The topological polar surface area (TPSA) is 43.4 Å². The predicted octanol–water partition coefficient (Wildman–Crippen LogP) is 2.40. The molecule has 0 N–H and O–H groups in total. The lowest BCUT2D eigenvalue weighted by molar-refractivity contribution is 0.338. The Labute approximate surface area is 103 Å². The zero-order valence-corrected chi connectivity index (χ0v) is 11.1. The smallest absolute Gasteiger partial charge is 0.153 e. The largest absolute Gasteiger partial charge is 0.491 e. The lowest BCUT2D eigenvalue weighted by Crippen LogP contribution is -2.15.